The van der Waals surface area contributed by atoms with Crippen molar-refractivity contribution in [2.24, 2.45) is 0 Å². The van der Waals surface area contributed by atoms with E-state index in [4.69, 9.17) is 0 Å². The average molecular weight is 303 g/mol. The molecular weight excluding hydrogens is 288 g/mol. The molecule has 0 saturated carbocycles. The Kier molecular flexibility index (Phi) is 5.22. The third-order valence-electron chi connectivity index (χ3n) is 2.19. The van der Waals surface area contributed by atoms with Gasteiger partial charge in [0.1, 0.15) is 0 Å². The van der Waals surface area contributed by atoms with Crippen LogP contribution in [0.1, 0.15) is 19.8 Å². The topological polar surface area (TPSA) is 34.1 Å². The van der Waals surface area contributed by atoms with Crippen molar-refractivity contribution in [3.05, 3.63) is 41.3 Å². The fourth-order valence-electron chi connectivity index (χ4n) is 1.29. The fourth-order valence-corrected chi connectivity index (χ4v) is 3.72. The first kappa shape index (κ1) is 13.5. The first-order valence-corrected chi connectivity index (χ1v) is 7.78. The zero-order chi connectivity index (χ0) is 12.0. The van der Waals surface area contributed by atoms with Crippen molar-refractivity contribution in [3.8, 4) is 0 Å². The first-order chi connectivity index (χ1) is 7.62. The third-order valence-corrected chi connectivity index (χ3v) is 5.06. The van der Waals surface area contributed by atoms with Crippen LogP contribution in [-0.2, 0) is 9.84 Å². The van der Waals surface area contributed by atoms with Gasteiger partial charge < -0.3 is 0 Å². The van der Waals surface area contributed by atoms with E-state index in [2.05, 4.69) is 15.9 Å². The van der Waals surface area contributed by atoms with Gasteiger partial charge in [-0.3, -0.25) is 0 Å². The number of unbranched alkanes of at least 4 members (excludes halogenated alkanes) is 1. The van der Waals surface area contributed by atoms with E-state index in [1.807, 2.05) is 13.0 Å². The van der Waals surface area contributed by atoms with Gasteiger partial charge >= 0.3 is 0 Å². The molecule has 0 aliphatic rings. The Bertz CT molecular complexity index is 449. The molecule has 1 aromatic carbocycles. The normalized spacial score (nSPS) is 12.8. The summed E-state index contributed by atoms with van der Waals surface area (Å²) in [7, 11) is -3.31. The number of sulfone groups is 1. The second-order valence-electron chi connectivity index (χ2n) is 3.41. The minimum absolute atomic E-state index is 0.358. The second-order valence-corrected chi connectivity index (χ2v) is 5.97. The Morgan fingerprint density at radius 1 is 1.31 bits per heavy atom. The van der Waals surface area contributed by atoms with Crippen LogP contribution in [0.2, 0.25) is 0 Å². The van der Waals surface area contributed by atoms with Crippen LogP contribution < -0.4 is 0 Å². The van der Waals surface area contributed by atoms with Crippen LogP contribution in [0.5, 0.6) is 0 Å². The van der Waals surface area contributed by atoms with Crippen LogP contribution in [0.15, 0.2) is 46.2 Å². The molecule has 0 amide bonds. The van der Waals surface area contributed by atoms with E-state index in [1.54, 1.807) is 30.3 Å². The minimum atomic E-state index is -3.31. The molecule has 0 atom stereocenters. The van der Waals surface area contributed by atoms with Gasteiger partial charge in [0, 0.05) is 5.33 Å². The molecule has 2 nitrogen and oxygen atoms in total. The number of allylic oxidation sites excluding steroid dienone is 2. The van der Waals surface area contributed by atoms with Gasteiger partial charge in [0.2, 0.25) is 9.84 Å². The number of benzene rings is 1. The number of halogens is 1. The summed E-state index contributed by atoms with van der Waals surface area (Å²) >= 11 is 3.23. The van der Waals surface area contributed by atoms with E-state index in [1.165, 1.54) is 0 Å². The highest BCUT2D eigenvalue weighted by atomic mass is 79.9. The summed E-state index contributed by atoms with van der Waals surface area (Å²) in [5.74, 6) is 0. The molecule has 1 rings (SSSR count). The van der Waals surface area contributed by atoms with Gasteiger partial charge in [-0.1, -0.05) is 53.5 Å². The van der Waals surface area contributed by atoms with Crippen LogP contribution in [-0.4, -0.2) is 13.7 Å². The summed E-state index contributed by atoms with van der Waals surface area (Å²) in [6, 6.07) is 8.52. The van der Waals surface area contributed by atoms with E-state index in [0.717, 1.165) is 12.8 Å². The molecule has 0 aromatic heterocycles. The fraction of sp³-hybridized carbons (Fsp3) is 0.333. The lowest BCUT2D eigenvalue weighted by atomic mass is 10.3. The molecule has 4 heteroatoms. The third kappa shape index (κ3) is 3.19. The monoisotopic (exact) mass is 302 g/mol. The lowest BCUT2D eigenvalue weighted by molar-refractivity contribution is 0.602. The number of hydrogen-bond donors (Lipinski definition) is 0. The molecule has 0 aliphatic heterocycles. The van der Waals surface area contributed by atoms with Gasteiger partial charge in [0.25, 0.3) is 0 Å². The summed E-state index contributed by atoms with van der Waals surface area (Å²) in [5.41, 5.74) is 0. The van der Waals surface area contributed by atoms with Crippen LogP contribution in [0.4, 0.5) is 0 Å². The number of hydrogen-bond acceptors (Lipinski definition) is 2. The lowest BCUT2D eigenvalue weighted by Crippen LogP contribution is -2.06. The molecule has 0 unspecified atom stereocenters. The van der Waals surface area contributed by atoms with Crippen LogP contribution in [0.3, 0.4) is 0 Å². The van der Waals surface area contributed by atoms with Crippen molar-refractivity contribution >= 4 is 25.8 Å². The molecule has 16 heavy (non-hydrogen) atoms. The number of rotatable bonds is 5. The van der Waals surface area contributed by atoms with Crippen molar-refractivity contribution in [3.63, 3.8) is 0 Å². The highest BCUT2D eigenvalue weighted by Gasteiger charge is 2.18. The van der Waals surface area contributed by atoms with Gasteiger partial charge in [0.05, 0.1) is 9.80 Å². The molecule has 0 saturated heterocycles. The van der Waals surface area contributed by atoms with Crippen molar-refractivity contribution < 1.29 is 8.42 Å². The molecule has 0 N–H and O–H groups in total. The largest absolute Gasteiger partial charge is 0.219 e. The second kappa shape index (κ2) is 6.21. The van der Waals surface area contributed by atoms with Crippen molar-refractivity contribution in [2.45, 2.75) is 24.7 Å². The predicted molar refractivity (Wildman–Crippen MR) is 70.4 cm³/mol. The molecule has 0 bridgehead atoms. The predicted octanol–water partition coefficient (Wildman–Crippen LogP) is 3.54. The molecule has 88 valence electrons. The Morgan fingerprint density at radius 3 is 2.44 bits per heavy atom. The summed E-state index contributed by atoms with van der Waals surface area (Å²) in [4.78, 5) is 0.803. The Hall–Kier alpha value is -0.610. The Balaban J connectivity index is 3.10. The molecule has 0 radical (unpaired) electrons. The van der Waals surface area contributed by atoms with Gasteiger partial charge in [-0.2, -0.15) is 0 Å². The van der Waals surface area contributed by atoms with Crippen molar-refractivity contribution in [2.75, 3.05) is 5.33 Å². The first-order valence-electron chi connectivity index (χ1n) is 5.18. The molecular formula is C12H15BrO2S. The standard InChI is InChI=1S/C12H15BrO2S/c1-2-3-7-12(10-13)16(14,15)11-8-5-4-6-9-11/h4-9H,2-3,10H2,1H3/b12-7+. The van der Waals surface area contributed by atoms with Gasteiger partial charge in [-0.05, 0) is 18.6 Å². The molecule has 1 aromatic rings. The van der Waals surface area contributed by atoms with Crippen LogP contribution >= 0.6 is 15.9 Å². The van der Waals surface area contributed by atoms with E-state index < -0.39 is 9.84 Å². The van der Waals surface area contributed by atoms with E-state index in [-0.39, 0.29) is 0 Å². The number of alkyl halides is 1. The smallest absolute Gasteiger partial charge is 0.203 e. The van der Waals surface area contributed by atoms with Crippen molar-refractivity contribution in [1.29, 1.82) is 0 Å². The lowest BCUT2D eigenvalue weighted by Gasteiger charge is -2.06. The molecule has 0 aliphatic carbocycles. The van der Waals surface area contributed by atoms with Gasteiger partial charge in [-0.15, -0.1) is 0 Å². The molecule has 0 spiro atoms. The van der Waals surface area contributed by atoms with Gasteiger partial charge in [0.15, 0.2) is 0 Å². The van der Waals surface area contributed by atoms with Crippen molar-refractivity contribution in [1.82, 2.24) is 0 Å². The summed E-state index contributed by atoms with van der Waals surface area (Å²) in [6.45, 7) is 2.03. The average Bonchev–Trinajstić information content (AvgIpc) is 2.31. The maximum Gasteiger partial charge on any atom is 0.203 e. The zero-order valence-electron chi connectivity index (χ0n) is 9.19. The van der Waals surface area contributed by atoms with Crippen LogP contribution in [0, 0.1) is 0 Å². The summed E-state index contributed by atoms with van der Waals surface area (Å²) in [5, 5.41) is 0.365. The SMILES string of the molecule is CCC/C=C(\CBr)S(=O)(=O)c1ccccc1. The minimum Gasteiger partial charge on any atom is -0.219 e. The molecule has 0 heterocycles. The van der Waals surface area contributed by atoms with E-state index >= 15 is 0 Å². The van der Waals surface area contributed by atoms with E-state index in [9.17, 15) is 8.42 Å². The summed E-state index contributed by atoms with van der Waals surface area (Å²) < 4.78 is 24.3. The van der Waals surface area contributed by atoms with E-state index in [0.29, 0.717) is 15.1 Å². The Morgan fingerprint density at radius 2 is 1.94 bits per heavy atom. The van der Waals surface area contributed by atoms with Crippen LogP contribution in [0.25, 0.3) is 0 Å². The quantitative estimate of drug-likeness (QED) is 0.780. The highest BCUT2D eigenvalue weighted by Crippen LogP contribution is 2.21. The highest BCUT2D eigenvalue weighted by molar-refractivity contribution is 9.09. The Labute approximate surface area is 105 Å². The van der Waals surface area contributed by atoms with Gasteiger partial charge in [-0.25, -0.2) is 8.42 Å². The maximum atomic E-state index is 12.2. The maximum absolute atomic E-state index is 12.2. The molecule has 0 fully saturated rings. The summed E-state index contributed by atoms with van der Waals surface area (Å²) in [6.07, 6.45) is 3.52. The zero-order valence-corrected chi connectivity index (χ0v) is 11.6.